The molecule has 0 radical (unpaired) electrons. The highest BCUT2D eigenvalue weighted by molar-refractivity contribution is 5.93. The van der Waals surface area contributed by atoms with Gasteiger partial charge in [0.1, 0.15) is 23.8 Å². The van der Waals surface area contributed by atoms with E-state index in [0.29, 0.717) is 47.6 Å². The Balaban J connectivity index is 1.64. The summed E-state index contributed by atoms with van der Waals surface area (Å²) in [6.07, 6.45) is 2.11. The number of fused-ring (bicyclic) bond motifs is 3. The van der Waals surface area contributed by atoms with Gasteiger partial charge in [0.05, 0.1) is 10.9 Å². The fourth-order valence-corrected chi connectivity index (χ4v) is 3.98. The molecule has 1 aliphatic carbocycles. The number of halogens is 4. The summed E-state index contributed by atoms with van der Waals surface area (Å²) in [4.78, 5) is 6.23. The smallest absolute Gasteiger partial charge is 0.261 e. The van der Waals surface area contributed by atoms with Crippen LogP contribution in [-0.2, 0) is 0 Å². The summed E-state index contributed by atoms with van der Waals surface area (Å²) in [7, 11) is 0. The molecule has 0 aliphatic heterocycles. The van der Waals surface area contributed by atoms with Gasteiger partial charge in [-0.2, -0.15) is 4.98 Å². The van der Waals surface area contributed by atoms with Gasteiger partial charge in [0, 0.05) is 30.1 Å². The van der Waals surface area contributed by atoms with Crippen molar-refractivity contribution in [1.82, 2.24) is 19.6 Å². The van der Waals surface area contributed by atoms with Crippen molar-refractivity contribution in [2.45, 2.75) is 32.6 Å². The molecule has 0 spiro atoms. The number of benzene rings is 2. The predicted octanol–water partition coefficient (Wildman–Crippen LogP) is 5.50. The van der Waals surface area contributed by atoms with Gasteiger partial charge in [-0.05, 0) is 56.2 Å². The van der Waals surface area contributed by atoms with Crippen molar-refractivity contribution in [1.29, 1.82) is 0 Å². The normalized spacial score (nSPS) is 14.8. The van der Waals surface area contributed by atoms with Crippen LogP contribution in [-0.4, -0.2) is 32.0 Å². The number of hydrogen-bond donors (Lipinski definition) is 0. The molecule has 0 N–H and O–H groups in total. The fraction of sp³-hybridized carbons (Fsp3) is 0.292. The van der Waals surface area contributed by atoms with Gasteiger partial charge in [-0.1, -0.05) is 11.8 Å². The standard InChI is InChI=1S/C24H19F4N5/c1-3-32(21-19-13-16(25)4-5-20(19)33-14-29-31-22(33)30-21)18-11-15(10-17(26)12-18)6-7-24(8-9-24)23(2,27)28/h4-5,10-14H,3,8-9H2,1-2H3. The van der Waals surface area contributed by atoms with E-state index in [1.807, 2.05) is 6.92 Å². The Kier molecular flexibility index (Phi) is 4.78. The molecule has 2 aromatic heterocycles. The molecule has 4 aromatic rings. The van der Waals surface area contributed by atoms with Crippen molar-refractivity contribution >= 4 is 28.2 Å². The Morgan fingerprint density at radius 3 is 2.61 bits per heavy atom. The van der Waals surface area contributed by atoms with Crippen LogP contribution < -0.4 is 4.90 Å². The van der Waals surface area contributed by atoms with Crippen molar-refractivity contribution < 1.29 is 17.6 Å². The minimum absolute atomic E-state index is 0.276. The van der Waals surface area contributed by atoms with E-state index in [0.717, 1.165) is 6.92 Å². The molecule has 5 rings (SSSR count). The average Bonchev–Trinajstić information content (AvgIpc) is 3.43. The zero-order chi connectivity index (χ0) is 23.4. The molecule has 168 valence electrons. The predicted molar refractivity (Wildman–Crippen MR) is 116 cm³/mol. The molecule has 1 fully saturated rings. The van der Waals surface area contributed by atoms with Gasteiger partial charge in [-0.15, -0.1) is 10.2 Å². The summed E-state index contributed by atoms with van der Waals surface area (Å²) in [6, 6.07) is 8.40. The lowest BCUT2D eigenvalue weighted by molar-refractivity contribution is -0.0294. The molecule has 0 bridgehead atoms. The molecule has 0 atom stereocenters. The van der Waals surface area contributed by atoms with Gasteiger partial charge >= 0.3 is 0 Å². The molecule has 0 unspecified atom stereocenters. The Morgan fingerprint density at radius 2 is 1.91 bits per heavy atom. The first-order chi connectivity index (χ1) is 15.7. The summed E-state index contributed by atoms with van der Waals surface area (Å²) < 4.78 is 58.1. The number of aromatic nitrogens is 4. The SMILES string of the molecule is CCN(c1cc(F)cc(C#CC2(C(C)(F)F)CC2)c1)c1nc2nncn2c2ccc(F)cc12. The van der Waals surface area contributed by atoms with Gasteiger partial charge in [-0.25, -0.2) is 17.6 Å². The number of anilines is 2. The molecule has 2 heterocycles. The molecule has 1 saturated carbocycles. The van der Waals surface area contributed by atoms with Gasteiger partial charge in [0.15, 0.2) is 0 Å². The number of hydrogen-bond acceptors (Lipinski definition) is 4. The maximum absolute atomic E-state index is 14.5. The van der Waals surface area contributed by atoms with E-state index in [2.05, 4.69) is 27.0 Å². The Labute approximate surface area is 187 Å². The maximum atomic E-state index is 14.5. The van der Waals surface area contributed by atoms with Crippen LogP contribution in [0.5, 0.6) is 0 Å². The van der Waals surface area contributed by atoms with Crippen LogP contribution in [0, 0.1) is 28.9 Å². The zero-order valence-corrected chi connectivity index (χ0v) is 17.9. The van der Waals surface area contributed by atoms with E-state index in [-0.39, 0.29) is 5.56 Å². The van der Waals surface area contributed by atoms with E-state index < -0.39 is 23.0 Å². The summed E-state index contributed by atoms with van der Waals surface area (Å²) in [5.41, 5.74) is -0.0234. The quantitative estimate of drug-likeness (QED) is 0.302. The van der Waals surface area contributed by atoms with E-state index in [4.69, 9.17) is 0 Å². The molecule has 9 heteroatoms. The first kappa shape index (κ1) is 21.2. The third-order valence-electron chi connectivity index (χ3n) is 6.00. The van der Waals surface area contributed by atoms with Crippen LogP contribution in [0.4, 0.5) is 29.1 Å². The van der Waals surface area contributed by atoms with Gasteiger partial charge in [-0.3, -0.25) is 4.40 Å². The van der Waals surface area contributed by atoms with E-state index in [1.54, 1.807) is 21.4 Å². The van der Waals surface area contributed by atoms with Gasteiger partial charge in [0.25, 0.3) is 11.7 Å². The second kappa shape index (κ2) is 7.44. The third-order valence-corrected chi connectivity index (χ3v) is 6.00. The van der Waals surface area contributed by atoms with Crippen LogP contribution in [0.2, 0.25) is 0 Å². The van der Waals surface area contributed by atoms with E-state index in [9.17, 15) is 17.6 Å². The number of alkyl halides is 2. The Bertz CT molecular complexity index is 1440. The molecule has 0 amide bonds. The lowest BCUT2D eigenvalue weighted by Gasteiger charge is -2.24. The fourth-order valence-electron chi connectivity index (χ4n) is 3.98. The van der Waals surface area contributed by atoms with Crippen LogP contribution >= 0.6 is 0 Å². The maximum Gasteiger partial charge on any atom is 0.261 e. The molecule has 1 aliphatic rings. The zero-order valence-electron chi connectivity index (χ0n) is 17.9. The highest BCUT2D eigenvalue weighted by Crippen LogP contribution is 2.56. The second-order valence-corrected chi connectivity index (χ2v) is 8.26. The van der Waals surface area contributed by atoms with Crippen LogP contribution in [0.25, 0.3) is 16.7 Å². The second-order valence-electron chi connectivity index (χ2n) is 8.26. The first-order valence-electron chi connectivity index (χ1n) is 10.5. The molecule has 5 nitrogen and oxygen atoms in total. The minimum atomic E-state index is -2.92. The monoisotopic (exact) mass is 453 g/mol. The lowest BCUT2D eigenvalue weighted by atomic mass is 9.99. The van der Waals surface area contributed by atoms with E-state index >= 15 is 0 Å². The molecule has 0 saturated heterocycles. The van der Waals surface area contributed by atoms with Crippen LogP contribution in [0.3, 0.4) is 0 Å². The van der Waals surface area contributed by atoms with Crippen LogP contribution in [0.1, 0.15) is 32.3 Å². The number of nitrogens with zero attached hydrogens (tertiary/aromatic N) is 5. The highest BCUT2D eigenvalue weighted by atomic mass is 19.3. The summed E-state index contributed by atoms with van der Waals surface area (Å²) in [5.74, 6) is 2.13. The van der Waals surface area contributed by atoms with Crippen molar-refractivity contribution in [3.05, 3.63) is 59.9 Å². The average molecular weight is 453 g/mol. The Morgan fingerprint density at radius 1 is 1.12 bits per heavy atom. The molecular weight excluding hydrogens is 434 g/mol. The van der Waals surface area contributed by atoms with Crippen molar-refractivity contribution in [3.8, 4) is 11.8 Å². The molecule has 2 aromatic carbocycles. The highest BCUT2D eigenvalue weighted by Gasteiger charge is 2.58. The largest absolute Gasteiger partial charge is 0.326 e. The van der Waals surface area contributed by atoms with Crippen molar-refractivity contribution in [2.75, 3.05) is 11.4 Å². The van der Waals surface area contributed by atoms with Crippen LogP contribution in [0.15, 0.2) is 42.7 Å². The lowest BCUT2D eigenvalue weighted by Crippen LogP contribution is -2.24. The summed E-state index contributed by atoms with van der Waals surface area (Å²) in [5, 5.41) is 8.36. The van der Waals surface area contributed by atoms with Gasteiger partial charge in [0.2, 0.25) is 0 Å². The van der Waals surface area contributed by atoms with Crippen molar-refractivity contribution in [2.24, 2.45) is 5.41 Å². The molecule has 33 heavy (non-hydrogen) atoms. The molecular formula is C24H19F4N5. The topological polar surface area (TPSA) is 46.3 Å². The Hall–Kier alpha value is -3.67. The minimum Gasteiger partial charge on any atom is -0.326 e. The third kappa shape index (κ3) is 3.65. The first-order valence-corrected chi connectivity index (χ1v) is 10.5. The summed E-state index contributed by atoms with van der Waals surface area (Å²) >= 11 is 0. The van der Waals surface area contributed by atoms with Crippen molar-refractivity contribution in [3.63, 3.8) is 0 Å². The van der Waals surface area contributed by atoms with Gasteiger partial charge < -0.3 is 4.90 Å². The summed E-state index contributed by atoms with van der Waals surface area (Å²) in [6.45, 7) is 3.07. The van der Waals surface area contributed by atoms with E-state index in [1.165, 1.54) is 30.6 Å². The number of rotatable bonds is 4.